The molecule has 0 spiro atoms. The molecule has 116 valence electrons. The van der Waals surface area contributed by atoms with Crippen LogP contribution in [0.5, 0.6) is 5.75 Å². The summed E-state index contributed by atoms with van der Waals surface area (Å²) in [5.74, 6) is 0.578. The van der Waals surface area contributed by atoms with Crippen molar-refractivity contribution in [3.63, 3.8) is 0 Å². The first-order valence-corrected chi connectivity index (χ1v) is 8.71. The average molecular weight is 311 g/mol. The smallest absolute Gasteiger partial charge is 0.260 e. The summed E-state index contributed by atoms with van der Waals surface area (Å²) >= 11 is 0. The van der Waals surface area contributed by atoms with E-state index < -0.39 is 15.4 Å². The van der Waals surface area contributed by atoms with Crippen molar-refractivity contribution in [1.29, 1.82) is 0 Å². The van der Waals surface area contributed by atoms with Crippen LogP contribution in [-0.4, -0.2) is 49.9 Å². The van der Waals surface area contributed by atoms with Crippen molar-refractivity contribution in [3.8, 4) is 5.75 Å². The number of hydrogen-bond donors (Lipinski definition) is 0. The molecule has 0 unspecified atom stereocenters. The second-order valence-corrected chi connectivity index (χ2v) is 8.08. The first-order valence-electron chi connectivity index (χ1n) is 6.88. The van der Waals surface area contributed by atoms with E-state index in [1.807, 2.05) is 31.2 Å². The van der Waals surface area contributed by atoms with E-state index in [1.165, 1.54) is 4.90 Å². The van der Waals surface area contributed by atoms with E-state index >= 15 is 0 Å². The standard InChI is InChI=1S/C15H21NO4S/c1-12-4-6-13(7-5-12)20-10-14(17)16(3)15(2)8-9-21(18,19)11-15/h4-7H,8-11H2,1-3H3/t15-/m0/s1. The Morgan fingerprint density at radius 1 is 1.33 bits per heavy atom. The number of carbonyl (C=O) groups is 1. The maximum atomic E-state index is 12.2. The molecule has 2 rings (SSSR count). The van der Waals surface area contributed by atoms with Gasteiger partial charge in [0.25, 0.3) is 5.91 Å². The number of nitrogens with zero attached hydrogens (tertiary/aromatic N) is 1. The number of carbonyl (C=O) groups excluding carboxylic acids is 1. The third-order valence-corrected chi connectivity index (χ3v) is 5.94. The van der Waals surface area contributed by atoms with Crippen LogP contribution in [0.1, 0.15) is 18.9 Å². The van der Waals surface area contributed by atoms with E-state index in [0.717, 1.165) is 5.56 Å². The van der Waals surface area contributed by atoms with Gasteiger partial charge in [-0.05, 0) is 32.4 Å². The van der Waals surface area contributed by atoms with E-state index in [0.29, 0.717) is 12.2 Å². The van der Waals surface area contributed by atoms with Gasteiger partial charge >= 0.3 is 0 Å². The van der Waals surface area contributed by atoms with E-state index in [-0.39, 0.29) is 24.0 Å². The molecule has 0 N–H and O–H groups in total. The lowest BCUT2D eigenvalue weighted by Gasteiger charge is -2.34. The molecule has 0 radical (unpaired) electrons. The number of rotatable bonds is 4. The van der Waals surface area contributed by atoms with Gasteiger partial charge in [-0.15, -0.1) is 0 Å². The van der Waals surface area contributed by atoms with Gasteiger partial charge in [0.2, 0.25) is 0 Å². The summed E-state index contributed by atoms with van der Waals surface area (Å²) in [7, 11) is -1.40. The Balaban J connectivity index is 1.95. The molecule has 0 aliphatic carbocycles. The number of amides is 1. The van der Waals surface area contributed by atoms with E-state index in [2.05, 4.69) is 0 Å². The van der Waals surface area contributed by atoms with Crippen LogP contribution in [0.25, 0.3) is 0 Å². The first kappa shape index (κ1) is 15.8. The largest absolute Gasteiger partial charge is 0.484 e. The molecule has 1 saturated heterocycles. The summed E-state index contributed by atoms with van der Waals surface area (Å²) in [6, 6.07) is 7.44. The molecule has 0 bridgehead atoms. The molecular formula is C15H21NO4S. The zero-order valence-corrected chi connectivity index (χ0v) is 13.4. The third-order valence-electron chi connectivity index (χ3n) is 4.05. The van der Waals surface area contributed by atoms with E-state index in [4.69, 9.17) is 4.74 Å². The fraction of sp³-hybridized carbons (Fsp3) is 0.533. The average Bonchev–Trinajstić information content (AvgIpc) is 2.72. The van der Waals surface area contributed by atoms with Crippen LogP contribution in [-0.2, 0) is 14.6 Å². The zero-order chi connectivity index (χ0) is 15.7. The zero-order valence-electron chi connectivity index (χ0n) is 12.6. The van der Waals surface area contributed by atoms with Gasteiger partial charge in [0.05, 0.1) is 17.0 Å². The van der Waals surface area contributed by atoms with Crippen molar-refractivity contribution in [3.05, 3.63) is 29.8 Å². The lowest BCUT2D eigenvalue weighted by atomic mass is 10.00. The first-order chi connectivity index (χ1) is 9.72. The summed E-state index contributed by atoms with van der Waals surface area (Å²) < 4.78 is 28.7. The SMILES string of the molecule is Cc1ccc(OCC(=O)N(C)[C@@]2(C)CCS(=O)(=O)C2)cc1. The van der Waals surface area contributed by atoms with Crippen molar-refractivity contribution in [2.24, 2.45) is 0 Å². The Hall–Kier alpha value is -1.56. The summed E-state index contributed by atoms with van der Waals surface area (Å²) in [5.41, 5.74) is 0.487. The van der Waals surface area contributed by atoms with Crippen molar-refractivity contribution in [2.45, 2.75) is 25.8 Å². The van der Waals surface area contributed by atoms with Crippen LogP contribution in [0, 0.1) is 6.92 Å². The summed E-state index contributed by atoms with van der Waals surface area (Å²) in [6.45, 7) is 3.70. The van der Waals surface area contributed by atoms with Crippen molar-refractivity contribution in [1.82, 2.24) is 4.90 Å². The van der Waals surface area contributed by atoms with Crippen LogP contribution >= 0.6 is 0 Å². The van der Waals surface area contributed by atoms with Crippen LogP contribution in [0.15, 0.2) is 24.3 Å². The van der Waals surface area contributed by atoms with Gasteiger partial charge in [-0.25, -0.2) is 8.42 Å². The Labute approximate surface area is 125 Å². The van der Waals surface area contributed by atoms with Crippen LogP contribution in [0.2, 0.25) is 0 Å². The normalized spacial score (nSPS) is 23.8. The molecule has 1 aromatic carbocycles. The molecule has 5 nitrogen and oxygen atoms in total. The Morgan fingerprint density at radius 2 is 1.95 bits per heavy atom. The van der Waals surface area contributed by atoms with E-state index in [1.54, 1.807) is 14.0 Å². The lowest BCUT2D eigenvalue weighted by Crippen LogP contribution is -2.49. The number of ether oxygens (including phenoxy) is 1. The molecule has 1 aromatic rings. The van der Waals surface area contributed by atoms with Gasteiger partial charge in [-0.3, -0.25) is 4.79 Å². The maximum Gasteiger partial charge on any atom is 0.260 e. The fourth-order valence-corrected chi connectivity index (χ4v) is 4.62. The topological polar surface area (TPSA) is 63.7 Å². The number of hydrogen-bond acceptors (Lipinski definition) is 4. The van der Waals surface area contributed by atoms with Gasteiger partial charge in [0.1, 0.15) is 5.75 Å². The Bertz CT molecular complexity index is 624. The van der Waals surface area contributed by atoms with Gasteiger partial charge in [0.15, 0.2) is 16.4 Å². The lowest BCUT2D eigenvalue weighted by molar-refractivity contribution is -0.136. The molecule has 0 saturated carbocycles. The summed E-state index contributed by atoms with van der Waals surface area (Å²) in [5, 5.41) is 0. The minimum absolute atomic E-state index is 0.0206. The number of aryl methyl sites for hydroxylation is 1. The molecule has 6 heteroatoms. The number of sulfone groups is 1. The molecule has 1 atom stereocenters. The van der Waals surface area contributed by atoms with Crippen LogP contribution in [0.4, 0.5) is 0 Å². The molecular weight excluding hydrogens is 290 g/mol. The minimum atomic E-state index is -3.04. The monoisotopic (exact) mass is 311 g/mol. The predicted octanol–water partition coefficient (Wildman–Crippen LogP) is 1.41. The van der Waals surface area contributed by atoms with Crippen molar-refractivity contribution in [2.75, 3.05) is 25.2 Å². The predicted molar refractivity (Wildman–Crippen MR) is 81.1 cm³/mol. The fourth-order valence-electron chi connectivity index (χ4n) is 2.44. The highest BCUT2D eigenvalue weighted by Gasteiger charge is 2.43. The summed E-state index contributed by atoms with van der Waals surface area (Å²) in [4.78, 5) is 13.7. The Morgan fingerprint density at radius 3 is 2.48 bits per heavy atom. The highest BCUT2D eigenvalue weighted by Crippen LogP contribution is 2.28. The molecule has 0 aromatic heterocycles. The molecule has 1 fully saturated rings. The molecule has 1 amide bonds. The van der Waals surface area contributed by atoms with Crippen molar-refractivity contribution < 1.29 is 17.9 Å². The molecule has 1 aliphatic rings. The van der Waals surface area contributed by atoms with Gasteiger partial charge < -0.3 is 9.64 Å². The number of benzene rings is 1. The minimum Gasteiger partial charge on any atom is -0.484 e. The number of likely N-dealkylation sites (N-methyl/N-ethyl adjacent to an activating group) is 1. The maximum absolute atomic E-state index is 12.2. The molecule has 1 heterocycles. The molecule has 21 heavy (non-hydrogen) atoms. The molecule has 1 aliphatic heterocycles. The van der Waals surface area contributed by atoms with Crippen molar-refractivity contribution >= 4 is 15.7 Å². The quantitative estimate of drug-likeness (QED) is 0.843. The van der Waals surface area contributed by atoms with Gasteiger partial charge in [-0.1, -0.05) is 17.7 Å². The van der Waals surface area contributed by atoms with Crippen LogP contribution < -0.4 is 4.74 Å². The van der Waals surface area contributed by atoms with Gasteiger partial charge in [0, 0.05) is 7.05 Å². The highest BCUT2D eigenvalue weighted by atomic mass is 32.2. The third kappa shape index (κ3) is 3.75. The Kier molecular flexibility index (Phi) is 4.27. The van der Waals surface area contributed by atoms with E-state index in [9.17, 15) is 13.2 Å². The highest BCUT2D eigenvalue weighted by molar-refractivity contribution is 7.91. The van der Waals surface area contributed by atoms with Crippen LogP contribution in [0.3, 0.4) is 0 Å². The van der Waals surface area contributed by atoms with Gasteiger partial charge in [-0.2, -0.15) is 0 Å². The summed E-state index contributed by atoms with van der Waals surface area (Å²) in [6.07, 6.45) is 0.474. The second kappa shape index (κ2) is 5.67. The second-order valence-electron chi connectivity index (χ2n) is 5.89.